The molecule has 0 amide bonds. The highest BCUT2D eigenvalue weighted by Crippen LogP contribution is 2.00. The molecule has 0 spiro atoms. The molecule has 3 heteroatoms. The largest absolute Gasteiger partial charge is 0.320 e. The van der Waals surface area contributed by atoms with E-state index in [1.165, 1.54) is 0 Å². The molecule has 3 nitrogen and oxygen atoms in total. The van der Waals surface area contributed by atoms with Gasteiger partial charge >= 0.3 is 0 Å². The van der Waals surface area contributed by atoms with Gasteiger partial charge in [-0.1, -0.05) is 48.0 Å². The first-order valence-corrected chi connectivity index (χ1v) is 7.54. The monoisotopic (exact) mass is 262 g/mol. The lowest BCUT2D eigenvalue weighted by molar-refractivity contribution is -0.119. The summed E-state index contributed by atoms with van der Waals surface area (Å²) in [7, 11) is 3.78. The molecule has 18 heavy (non-hydrogen) atoms. The molecule has 0 radical (unpaired) electrons. The van der Waals surface area contributed by atoms with E-state index in [4.69, 9.17) is 0 Å². The van der Waals surface area contributed by atoms with E-state index in [1.54, 1.807) is 6.92 Å². The highest BCUT2D eigenvalue weighted by Gasteiger charge is 2.09. The van der Waals surface area contributed by atoms with Crippen molar-refractivity contribution in [2.45, 2.75) is 73.8 Å². The molecule has 0 bridgehead atoms. The van der Waals surface area contributed by atoms with Crippen molar-refractivity contribution >= 4 is 5.78 Å². The average molecular weight is 262 g/mol. The molecular weight excluding hydrogens is 224 g/mol. The third kappa shape index (κ3) is 24.7. The molecule has 0 fully saturated rings. The van der Waals surface area contributed by atoms with Crippen LogP contribution in [0.15, 0.2) is 0 Å². The third-order valence-corrected chi connectivity index (χ3v) is 2.01. The van der Waals surface area contributed by atoms with Crippen LogP contribution in [0.1, 0.15) is 67.7 Å². The molecule has 0 aliphatic rings. The SMILES string of the molecule is CC.CC.CC.CNCCCC[C@H](NC)C(C)=O. The molecule has 0 aliphatic carbocycles. The van der Waals surface area contributed by atoms with Gasteiger partial charge in [-0.2, -0.15) is 0 Å². The summed E-state index contributed by atoms with van der Waals surface area (Å²) in [5.41, 5.74) is 0. The van der Waals surface area contributed by atoms with Crippen molar-refractivity contribution in [2.24, 2.45) is 0 Å². The molecular formula is C15H38N2O. The molecule has 114 valence electrons. The van der Waals surface area contributed by atoms with E-state index in [-0.39, 0.29) is 11.8 Å². The van der Waals surface area contributed by atoms with Gasteiger partial charge in [-0.25, -0.2) is 0 Å². The van der Waals surface area contributed by atoms with Crippen molar-refractivity contribution in [3.05, 3.63) is 0 Å². The minimum atomic E-state index is 0.0573. The van der Waals surface area contributed by atoms with Gasteiger partial charge in [0.15, 0.2) is 0 Å². The number of unbranched alkanes of at least 4 members (excludes halogenated alkanes) is 1. The zero-order valence-corrected chi connectivity index (χ0v) is 14.3. The van der Waals surface area contributed by atoms with Crippen molar-refractivity contribution in [1.82, 2.24) is 10.6 Å². The third-order valence-electron chi connectivity index (χ3n) is 2.01. The van der Waals surface area contributed by atoms with Crippen LogP contribution in [0.5, 0.6) is 0 Å². The summed E-state index contributed by atoms with van der Waals surface area (Å²) in [6.07, 6.45) is 3.20. The van der Waals surface area contributed by atoms with Crippen LogP contribution in [-0.2, 0) is 4.79 Å². The van der Waals surface area contributed by atoms with Crippen molar-refractivity contribution in [2.75, 3.05) is 20.6 Å². The van der Waals surface area contributed by atoms with Gasteiger partial charge in [-0.3, -0.25) is 4.79 Å². The Morgan fingerprint density at radius 2 is 1.39 bits per heavy atom. The minimum absolute atomic E-state index is 0.0573. The molecule has 0 rings (SSSR count). The van der Waals surface area contributed by atoms with Gasteiger partial charge < -0.3 is 10.6 Å². The molecule has 0 aromatic rings. The zero-order valence-electron chi connectivity index (χ0n) is 14.3. The average Bonchev–Trinajstić information content (AvgIpc) is 2.45. The number of hydrogen-bond donors (Lipinski definition) is 2. The summed E-state index contributed by atoms with van der Waals surface area (Å²) in [6, 6.07) is 0.0573. The number of likely N-dealkylation sites (N-methyl/N-ethyl adjacent to an activating group) is 1. The normalized spacial score (nSPS) is 9.61. The van der Waals surface area contributed by atoms with Gasteiger partial charge in [-0.15, -0.1) is 0 Å². The van der Waals surface area contributed by atoms with Gasteiger partial charge in [0, 0.05) is 0 Å². The standard InChI is InChI=1S/C9H20N2O.3C2H6/c1-8(12)9(11-3)6-4-5-7-10-2;3*1-2/h9-11H,4-7H2,1-3H3;3*1-2H3/t9-;;;/m0.../s1. The number of rotatable bonds is 7. The first-order chi connectivity index (χ1) is 8.72. The van der Waals surface area contributed by atoms with Crippen molar-refractivity contribution in [3.8, 4) is 0 Å². The molecule has 0 aromatic heterocycles. The van der Waals surface area contributed by atoms with E-state index < -0.39 is 0 Å². The maximum absolute atomic E-state index is 11.0. The van der Waals surface area contributed by atoms with Crippen LogP contribution in [0.25, 0.3) is 0 Å². The van der Waals surface area contributed by atoms with Crippen LogP contribution in [0.4, 0.5) is 0 Å². The Bertz CT molecular complexity index is 128. The smallest absolute Gasteiger partial charge is 0.146 e. The van der Waals surface area contributed by atoms with E-state index >= 15 is 0 Å². The molecule has 0 heterocycles. The Labute approximate surface area is 116 Å². The van der Waals surface area contributed by atoms with Gasteiger partial charge in [0.05, 0.1) is 6.04 Å². The molecule has 0 saturated heterocycles. The fraction of sp³-hybridized carbons (Fsp3) is 0.933. The van der Waals surface area contributed by atoms with Gasteiger partial charge in [0.2, 0.25) is 0 Å². The van der Waals surface area contributed by atoms with Crippen LogP contribution < -0.4 is 10.6 Å². The van der Waals surface area contributed by atoms with Crippen LogP contribution in [-0.4, -0.2) is 32.5 Å². The van der Waals surface area contributed by atoms with E-state index in [0.29, 0.717) is 0 Å². The first kappa shape index (κ1) is 26.2. The molecule has 0 saturated carbocycles. The minimum Gasteiger partial charge on any atom is -0.320 e. The Kier molecular flexibility index (Phi) is 43.7. The zero-order chi connectivity index (χ0) is 15.4. The van der Waals surface area contributed by atoms with Crippen LogP contribution in [0.3, 0.4) is 0 Å². The maximum atomic E-state index is 11.0. The molecule has 0 aliphatic heterocycles. The summed E-state index contributed by atoms with van der Waals surface area (Å²) in [5.74, 6) is 0.238. The number of hydrogen-bond acceptors (Lipinski definition) is 3. The summed E-state index contributed by atoms with van der Waals surface area (Å²) in [5, 5.41) is 6.09. The number of nitrogens with one attached hydrogen (secondary N) is 2. The summed E-state index contributed by atoms with van der Waals surface area (Å²) in [4.78, 5) is 11.0. The molecule has 1 atom stereocenters. The van der Waals surface area contributed by atoms with E-state index in [1.807, 2.05) is 55.6 Å². The van der Waals surface area contributed by atoms with Crippen molar-refractivity contribution in [3.63, 3.8) is 0 Å². The second-order valence-electron chi connectivity index (χ2n) is 3.05. The summed E-state index contributed by atoms with van der Waals surface area (Å²) in [6.45, 7) is 14.7. The quantitative estimate of drug-likeness (QED) is 0.688. The first-order valence-electron chi connectivity index (χ1n) is 7.54. The second kappa shape index (κ2) is 30.0. The van der Waals surface area contributed by atoms with Crippen molar-refractivity contribution < 1.29 is 4.79 Å². The van der Waals surface area contributed by atoms with Crippen LogP contribution in [0.2, 0.25) is 0 Å². The molecule has 2 N–H and O–H groups in total. The van der Waals surface area contributed by atoms with E-state index in [0.717, 1.165) is 25.8 Å². The Hall–Kier alpha value is -0.410. The van der Waals surface area contributed by atoms with E-state index in [2.05, 4.69) is 10.6 Å². The number of ketones is 1. The topological polar surface area (TPSA) is 41.1 Å². The van der Waals surface area contributed by atoms with Crippen molar-refractivity contribution in [1.29, 1.82) is 0 Å². The lowest BCUT2D eigenvalue weighted by Crippen LogP contribution is -2.32. The fourth-order valence-corrected chi connectivity index (χ4v) is 1.20. The van der Waals surface area contributed by atoms with E-state index in [9.17, 15) is 4.79 Å². The predicted molar refractivity (Wildman–Crippen MR) is 85.4 cm³/mol. The van der Waals surface area contributed by atoms with Gasteiger partial charge in [-0.05, 0) is 40.4 Å². The fourth-order valence-electron chi connectivity index (χ4n) is 1.20. The second-order valence-corrected chi connectivity index (χ2v) is 3.05. The Morgan fingerprint density at radius 1 is 0.944 bits per heavy atom. The highest BCUT2D eigenvalue weighted by atomic mass is 16.1. The molecule has 0 unspecified atom stereocenters. The predicted octanol–water partition coefficient (Wildman–Crippen LogP) is 3.63. The van der Waals surface area contributed by atoms with Gasteiger partial charge in [0.25, 0.3) is 0 Å². The van der Waals surface area contributed by atoms with Gasteiger partial charge in [0.1, 0.15) is 5.78 Å². The molecule has 0 aromatic carbocycles. The lowest BCUT2D eigenvalue weighted by Gasteiger charge is -2.11. The Balaban J connectivity index is -0.000000141. The number of Topliss-reactive ketones (excluding diaryl/α,β-unsaturated/α-hetero) is 1. The lowest BCUT2D eigenvalue weighted by atomic mass is 10.1. The van der Waals surface area contributed by atoms with Crippen LogP contribution >= 0.6 is 0 Å². The summed E-state index contributed by atoms with van der Waals surface area (Å²) >= 11 is 0. The Morgan fingerprint density at radius 3 is 1.67 bits per heavy atom. The number of carbonyl (C=O) groups is 1. The maximum Gasteiger partial charge on any atom is 0.146 e. The summed E-state index contributed by atoms with van der Waals surface area (Å²) < 4.78 is 0. The van der Waals surface area contributed by atoms with Crippen LogP contribution in [0, 0.1) is 0 Å². The highest BCUT2D eigenvalue weighted by molar-refractivity contribution is 5.81. The number of carbonyl (C=O) groups excluding carboxylic acids is 1.